The number of amides is 1. The summed E-state index contributed by atoms with van der Waals surface area (Å²) in [7, 11) is 1.74. The maximum absolute atomic E-state index is 13.5. The number of nitrogens with zero attached hydrogens (tertiary/aromatic N) is 2. The van der Waals surface area contributed by atoms with Crippen LogP contribution in [-0.2, 0) is 17.3 Å². The maximum atomic E-state index is 13.5. The van der Waals surface area contributed by atoms with E-state index >= 15 is 0 Å². The molecule has 0 radical (unpaired) electrons. The molecule has 1 fully saturated rings. The second kappa shape index (κ2) is 9.18. The third-order valence-electron chi connectivity index (χ3n) is 6.91. The molecule has 1 amide bonds. The molecule has 4 rings (SSSR count). The van der Waals surface area contributed by atoms with Crippen molar-refractivity contribution in [2.75, 3.05) is 6.54 Å². The first kappa shape index (κ1) is 22.7. The molecule has 0 saturated carbocycles. The van der Waals surface area contributed by atoms with Crippen LogP contribution in [0.1, 0.15) is 43.4 Å². The number of aromatic nitrogens is 1. The SMILES string of the molecule is C=CCC1(c2ccc(F)cc2)CCN([C@@H](C)c2ccc(-c3ccc(=O)n(C)c3)cc2)C(=O)C1. The number of carbonyl (C=O) groups is 1. The minimum atomic E-state index is -0.337. The summed E-state index contributed by atoms with van der Waals surface area (Å²) in [6, 6.07) is 18.0. The summed E-state index contributed by atoms with van der Waals surface area (Å²) in [5.74, 6) is -0.173. The van der Waals surface area contributed by atoms with Crippen molar-refractivity contribution < 1.29 is 9.18 Å². The lowest BCUT2D eigenvalue weighted by atomic mass is 9.70. The van der Waals surface area contributed by atoms with Gasteiger partial charge in [-0.25, -0.2) is 4.39 Å². The fraction of sp³-hybridized carbons (Fsp3) is 0.286. The summed E-state index contributed by atoms with van der Waals surface area (Å²) in [5.41, 5.74) is 3.67. The monoisotopic (exact) mass is 444 g/mol. The zero-order valence-electron chi connectivity index (χ0n) is 19.1. The Kier molecular flexibility index (Phi) is 6.32. The second-order valence-corrected chi connectivity index (χ2v) is 8.96. The van der Waals surface area contributed by atoms with E-state index in [0.717, 1.165) is 28.7 Å². The van der Waals surface area contributed by atoms with Crippen molar-refractivity contribution in [3.63, 3.8) is 0 Å². The molecule has 4 nitrogen and oxygen atoms in total. The van der Waals surface area contributed by atoms with E-state index in [1.54, 1.807) is 29.8 Å². The minimum absolute atomic E-state index is 0.0410. The molecule has 0 bridgehead atoms. The molecule has 1 aromatic heterocycles. The largest absolute Gasteiger partial charge is 0.336 e. The van der Waals surface area contributed by atoms with E-state index < -0.39 is 0 Å². The van der Waals surface area contributed by atoms with E-state index in [-0.39, 0.29) is 28.7 Å². The van der Waals surface area contributed by atoms with Gasteiger partial charge < -0.3 is 9.47 Å². The first-order valence-corrected chi connectivity index (χ1v) is 11.3. The first-order valence-electron chi connectivity index (χ1n) is 11.3. The number of likely N-dealkylation sites (tertiary alicyclic amines) is 1. The Morgan fingerprint density at radius 2 is 1.70 bits per heavy atom. The number of aryl methyl sites for hydroxylation is 1. The standard InChI is InChI=1S/C28H29FN2O2/c1-4-15-28(24-10-12-25(29)13-11-24)16-17-31(27(33)18-28)20(2)21-5-7-22(8-6-21)23-9-14-26(32)30(3)19-23/h4-14,19-20H,1,15-18H2,2-3H3/t20-,28?/m0/s1. The van der Waals surface area contributed by atoms with Crippen LogP contribution in [0.5, 0.6) is 0 Å². The molecule has 33 heavy (non-hydrogen) atoms. The van der Waals surface area contributed by atoms with Gasteiger partial charge in [-0.2, -0.15) is 0 Å². The van der Waals surface area contributed by atoms with Gasteiger partial charge in [0.2, 0.25) is 11.5 Å². The van der Waals surface area contributed by atoms with Gasteiger partial charge in [-0.1, -0.05) is 42.5 Å². The molecule has 1 saturated heterocycles. The predicted molar refractivity (Wildman–Crippen MR) is 129 cm³/mol. The van der Waals surface area contributed by atoms with Gasteiger partial charge in [0.05, 0.1) is 6.04 Å². The smallest absolute Gasteiger partial charge is 0.250 e. The average molecular weight is 445 g/mol. The van der Waals surface area contributed by atoms with E-state index in [1.165, 1.54) is 12.1 Å². The van der Waals surface area contributed by atoms with Gasteiger partial charge in [0.25, 0.3) is 0 Å². The molecule has 1 unspecified atom stereocenters. The van der Waals surface area contributed by atoms with Crippen LogP contribution in [0.3, 0.4) is 0 Å². The summed E-state index contributed by atoms with van der Waals surface area (Å²) < 4.78 is 15.0. The molecule has 0 N–H and O–H groups in total. The van der Waals surface area contributed by atoms with E-state index in [0.29, 0.717) is 19.4 Å². The molecule has 1 aliphatic heterocycles. The quantitative estimate of drug-likeness (QED) is 0.479. The van der Waals surface area contributed by atoms with Crippen molar-refractivity contribution >= 4 is 5.91 Å². The van der Waals surface area contributed by atoms with E-state index in [1.807, 2.05) is 47.5 Å². The van der Waals surface area contributed by atoms with Crippen molar-refractivity contribution in [3.05, 3.63) is 107 Å². The van der Waals surface area contributed by atoms with Crippen LogP contribution < -0.4 is 5.56 Å². The van der Waals surface area contributed by atoms with Crippen molar-refractivity contribution in [2.45, 2.75) is 37.6 Å². The maximum Gasteiger partial charge on any atom is 0.250 e. The van der Waals surface area contributed by atoms with Gasteiger partial charge in [-0.05, 0) is 60.2 Å². The van der Waals surface area contributed by atoms with Gasteiger partial charge in [0.1, 0.15) is 5.82 Å². The van der Waals surface area contributed by atoms with Crippen LogP contribution >= 0.6 is 0 Å². The lowest BCUT2D eigenvalue weighted by molar-refractivity contribution is -0.138. The highest BCUT2D eigenvalue weighted by molar-refractivity contribution is 5.79. The van der Waals surface area contributed by atoms with Gasteiger partial charge in [-0.3, -0.25) is 9.59 Å². The Balaban J connectivity index is 1.52. The average Bonchev–Trinajstić information content (AvgIpc) is 2.81. The summed E-state index contributed by atoms with van der Waals surface area (Å²) >= 11 is 0. The molecule has 0 spiro atoms. The van der Waals surface area contributed by atoms with Gasteiger partial charge in [0.15, 0.2) is 0 Å². The number of piperidine rings is 1. The number of allylic oxidation sites excluding steroid dienone is 1. The highest BCUT2D eigenvalue weighted by Gasteiger charge is 2.40. The predicted octanol–water partition coefficient (Wildman–Crippen LogP) is 5.39. The van der Waals surface area contributed by atoms with Crippen LogP contribution in [0.4, 0.5) is 4.39 Å². The number of benzene rings is 2. The highest BCUT2D eigenvalue weighted by Crippen LogP contribution is 2.41. The van der Waals surface area contributed by atoms with Crippen molar-refractivity contribution in [3.8, 4) is 11.1 Å². The molecule has 2 heterocycles. The number of rotatable bonds is 6. The number of carbonyl (C=O) groups excluding carboxylic acids is 1. The van der Waals surface area contributed by atoms with E-state index in [2.05, 4.69) is 13.5 Å². The number of hydrogen-bond acceptors (Lipinski definition) is 2. The van der Waals surface area contributed by atoms with Crippen LogP contribution in [0.2, 0.25) is 0 Å². The fourth-order valence-corrected chi connectivity index (χ4v) is 4.87. The molecule has 5 heteroatoms. The van der Waals surface area contributed by atoms with Gasteiger partial charge in [0, 0.05) is 37.7 Å². The lowest BCUT2D eigenvalue weighted by Gasteiger charge is -2.43. The van der Waals surface area contributed by atoms with Crippen molar-refractivity contribution in [1.82, 2.24) is 9.47 Å². The van der Waals surface area contributed by atoms with Crippen LogP contribution in [0.25, 0.3) is 11.1 Å². The van der Waals surface area contributed by atoms with Gasteiger partial charge >= 0.3 is 0 Å². The number of pyridine rings is 1. The topological polar surface area (TPSA) is 42.3 Å². The second-order valence-electron chi connectivity index (χ2n) is 8.96. The summed E-state index contributed by atoms with van der Waals surface area (Å²) in [6.07, 6.45) is 5.54. The van der Waals surface area contributed by atoms with E-state index in [4.69, 9.17) is 0 Å². The Morgan fingerprint density at radius 1 is 1.03 bits per heavy atom. The Labute approximate surface area is 194 Å². The number of hydrogen-bond donors (Lipinski definition) is 0. The normalized spacial score (nSPS) is 19.4. The van der Waals surface area contributed by atoms with Gasteiger partial charge in [-0.15, -0.1) is 6.58 Å². The summed E-state index contributed by atoms with van der Waals surface area (Å²) in [5, 5.41) is 0. The molecule has 3 aromatic rings. The molecule has 1 aliphatic rings. The lowest BCUT2D eigenvalue weighted by Crippen LogP contribution is -2.47. The zero-order chi connectivity index (χ0) is 23.6. The van der Waals surface area contributed by atoms with E-state index in [9.17, 15) is 14.0 Å². The van der Waals surface area contributed by atoms with Crippen LogP contribution in [0.15, 0.2) is 84.3 Å². The Bertz CT molecular complexity index is 1210. The molecule has 0 aliphatic carbocycles. The highest BCUT2D eigenvalue weighted by atomic mass is 19.1. The van der Waals surface area contributed by atoms with Crippen molar-refractivity contribution in [1.29, 1.82) is 0 Å². The molecular formula is C28H29FN2O2. The summed E-state index contributed by atoms with van der Waals surface area (Å²) in [4.78, 5) is 26.9. The molecule has 2 atom stereocenters. The Morgan fingerprint density at radius 3 is 2.30 bits per heavy atom. The summed E-state index contributed by atoms with van der Waals surface area (Å²) in [6.45, 7) is 6.58. The number of halogens is 1. The zero-order valence-corrected chi connectivity index (χ0v) is 19.1. The fourth-order valence-electron chi connectivity index (χ4n) is 4.87. The first-order chi connectivity index (χ1) is 15.8. The van der Waals surface area contributed by atoms with Crippen LogP contribution in [-0.4, -0.2) is 21.9 Å². The molecular weight excluding hydrogens is 415 g/mol. The molecule has 170 valence electrons. The van der Waals surface area contributed by atoms with Crippen LogP contribution in [0, 0.1) is 5.82 Å². The molecule has 2 aromatic carbocycles. The Hall–Kier alpha value is -3.47. The van der Waals surface area contributed by atoms with Crippen molar-refractivity contribution in [2.24, 2.45) is 7.05 Å². The third-order valence-corrected chi connectivity index (χ3v) is 6.91. The third kappa shape index (κ3) is 4.54. The minimum Gasteiger partial charge on any atom is -0.336 e.